The molecule has 1 unspecified atom stereocenters. The van der Waals surface area contributed by atoms with Gasteiger partial charge in [-0.05, 0) is 54.0 Å². The second kappa shape index (κ2) is 11.2. The summed E-state index contributed by atoms with van der Waals surface area (Å²) < 4.78 is 2.19. The molecule has 1 amide bonds. The predicted molar refractivity (Wildman–Crippen MR) is 139 cm³/mol. The summed E-state index contributed by atoms with van der Waals surface area (Å²) in [5, 5.41) is 13.4. The van der Waals surface area contributed by atoms with E-state index in [1.54, 1.807) is 0 Å². The van der Waals surface area contributed by atoms with Crippen molar-refractivity contribution in [1.82, 2.24) is 24.7 Å². The fraction of sp³-hybridized carbons (Fsp3) is 0.393. The standard InChI is InChI=1S/C28H31ClN6O/c29-24-6-3-4-22(14-24)18-34-13-10-23-5-1-2-7-26(23)27(28(34)36)32-16-25-15-31-20-35(25)17-21-8-11-33(19-30)12-9-21/h1-7,14-15,20-21,27,32H,8-13,16-18H2. The molecule has 8 heteroatoms. The van der Waals surface area contributed by atoms with E-state index in [1.165, 1.54) is 5.56 Å². The number of likely N-dealkylation sites (tertiary alicyclic amines) is 1. The van der Waals surface area contributed by atoms with Gasteiger partial charge in [0.1, 0.15) is 6.04 Å². The van der Waals surface area contributed by atoms with Crippen LogP contribution in [0.1, 0.15) is 41.3 Å². The molecule has 36 heavy (non-hydrogen) atoms. The van der Waals surface area contributed by atoms with Gasteiger partial charge in [0.25, 0.3) is 0 Å². The van der Waals surface area contributed by atoms with Gasteiger partial charge in [0.05, 0.1) is 12.0 Å². The molecule has 1 fully saturated rings. The minimum Gasteiger partial charge on any atom is -0.336 e. The molecule has 186 valence electrons. The predicted octanol–water partition coefficient (Wildman–Crippen LogP) is 4.15. The summed E-state index contributed by atoms with van der Waals surface area (Å²) >= 11 is 6.20. The van der Waals surface area contributed by atoms with Crippen LogP contribution >= 0.6 is 11.6 Å². The lowest BCUT2D eigenvalue weighted by molar-refractivity contribution is -0.134. The van der Waals surface area contributed by atoms with Gasteiger partial charge in [-0.1, -0.05) is 48.0 Å². The Bertz CT molecular complexity index is 1240. The molecule has 0 bridgehead atoms. The zero-order chi connectivity index (χ0) is 24.9. The number of halogens is 1. The highest BCUT2D eigenvalue weighted by Crippen LogP contribution is 2.27. The molecule has 2 aromatic carbocycles. The highest BCUT2D eigenvalue weighted by atomic mass is 35.5. The van der Waals surface area contributed by atoms with Crippen LogP contribution in [0, 0.1) is 17.4 Å². The van der Waals surface area contributed by atoms with E-state index in [1.807, 2.05) is 58.7 Å². The van der Waals surface area contributed by atoms with Gasteiger partial charge in [0.15, 0.2) is 6.19 Å². The number of rotatable bonds is 7. The maximum absolute atomic E-state index is 13.8. The van der Waals surface area contributed by atoms with Crippen molar-refractivity contribution in [2.75, 3.05) is 19.6 Å². The van der Waals surface area contributed by atoms with Crippen molar-refractivity contribution in [2.45, 2.75) is 44.9 Å². The number of nitriles is 1. The van der Waals surface area contributed by atoms with Gasteiger partial charge in [-0.15, -0.1) is 0 Å². The number of fused-ring (bicyclic) bond motifs is 1. The minimum atomic E-state index is -0.426. The normalized spacial score (nSPS) is 18.6. The maximum atomic E-state index is 13.8. The Labute approximate surface area is 217 Å². The van der Waals surface area contributed by atoms with Crippen molar-refractivity contribution >= 4 is 17.5 Å². The Morgan fingerprint density at radius 2 is 1.94 bits per heavy atom. The van der Waals surface area contributed by atoms with E-state index < -0.39 is 6.04 Å². The average molecular weight is 503 g/mol. The molecule has 3 heterocycles. The number of benzene rings is 2. The molecule has 1 atom stereocenters. The van der Waals surface area contributed by atoms with Gasteiger partial charge in [-0.3, -0.25) is 10.1 Å². The monoisotopic (exact) mass is 502 g/mol. The molecule has 1 saturated heterocycles. The Morgan fingerprint density at radius 1 is 1.11 bits per heavy atom. The maximum Gasteiger partial charge on any atom is 0.244 e. The summed E-state index contributed by atoms with van der Waals surface area (Å²) in [7, 11) is 0. The fourth-order valence-electron chi connectivity index (χ4n) is 5.29. The van der Waals surface area contributed by atoms with Crippen LogP contribution in [0.2, 0.25) is 5.02 Å². The first-order valence-corrected chi connectivity index (χ1v) is 13.0. The lowest BCUT2D eigenvalue weighted by Crippen LogP contribution is -2.40. The molecule has 1 N–H and O–H groups in total. The summed E-state index contributed by atoms with van der Waals surface area (Å²) in [6.45, 7) is 4.27. The molecule has 0 aliphatic carbocycles. The number of amides is 1. The van der Waals surface area contributed by atoms with E-state index >= 15 is 0 Å². The largest absolute Gasteiger partial charge is 0.336 e. The molecule has 1 aromatic heterocycles. The molecular weight excluding hydrogens is 472 g/mol. The number of carbonyl (C=O) groups excluding carboxylic acids is 1. The van der Waals surface area contributed by atoms with Gasteiger partial charge in [-0.25, -0.2) is 4.98 Å². The number of nitrogens with one attached hydrogen (secondary N) is 1. The van der Waals surface area contributed by atoms with Crippen molar-refractivity contribution in [1.29, 1.82) is 5.26 Å². The fourth-order valence-corrected chi connectivity index (χ4v) is 5.51. The van der Waals surface area contributed by atoms with Crippen molar-refractivity contribution in [3.05, 3.63) is 88.5 Å². The van der Waals surface area contributed by atoms with Gasteiger partial charge >= 0.3 is 0 Å². The second-order valence-corrected chi connectivity index (χ2v) is 10.2. The Balaban J connectivity index is 1.30. The molecule has 0 spiro atoms. The quantitative estimate of drug-likeness (QED) is 0.491. The van der Waals surface area contributed by atoms with Crippen LogP contribution in [0.3, 0.4) is 0 Å². The van der Waals surface area contributed by atoms with Crippen LogP contribution in [0.25, 0.3) is 0 Å². The number of hydrogen-bond acceptors (Lipinski definition) is 5. The first-order valence-electron chi connectivity index (χ1n) is 12.6. The summed E-state index contributed by atoms with van der Waals surface area (Å²) in [5.74, 6) is 0.603. The summed E-state index contributed by atoms with van der Waals surface area (Å²) in [6, 6.07) is 15.5. The number of hydrogen-bond donors (Lipinski definition) is 1. The lowest BCUT2D eigenvalue weighted by atomic mass is 9.97. The van der Waals surface area contributed by atoms with E-state index in [-0.39, 0.29) is 5.91 Å². The number of imidazole rings is 1. The summed E-state index contributed by atoms with van der Waals surface area (Å²) in [6.07, 6.45) is 8.84. The van der Waals surface area contributed by atoms with Crippen molar-refractivity contribution in [3.8, 4) is 6.19 Å². The van der Waals surface area contributed by atoms with Crippen molar-refractivity contribution in [3.63, 3.8) is 0 Å². The number of nitrogens with zero attached hydrogens (tertiary/aromatic N) is 5. The van der Waals surface area contributed by atoms with Crippen LogP contribution in [0.15, 0.2) is 61.1 Å². The minimum absolute atomic E-state index is 0.0786. The molecule has 7 nitrogen and oxygen atoms in total. The van der Waals surface area contributed by atoms with E-state index in [0.717, 1.165) is 55.7 Å². The third-order valence-corrected chi connectivity index (χ3v) is 7.57. The molecule has 5 rings (SSSR count). The highest BCUT2D eigenvalue weighted by molar-refractivity contribution is 6.30. The second-order valence-electron chi connectivity index (χ2n) is 9.72. The molecule has 2 aliphatic rings. The molecule has 0 radical (unpaired) electrons. The van der Waals surface area contributed by atoms with Crippen LogP contribution < -0.4 is 5.32 Å². The summed E-state index contributed by atoms with van der Waals surface area (Å²) in [4.78, 5) is 22.0. The molecule has 2 aliphatic heterocycles. The first kappa shape index (κ1) is 24.4. The van der Waals surface area contributed by atoms with E-state index in [2.05, 4.69) is 33.2 Å². The smallest absolute Gasteiger partial charge is 0.244 e. The lowest BCUT2D eigenvalue weighted by Gasteiger charge is -2.29. The SMILES string of the molecule is N#CN1CCC(Cn2cncc2CNC2C(=O)N(Cc3cccc(Cl)c3)CCc3ccccc32)CC1. The van der Waals surface area contributed by atoms with E-state index in [9.17, 15) is 4.79 Å². The summed E-state index contributed by atoms with van der Waals surface area (Å²) in [5.41, 5.74) is 4.34. The zero-order valence-corrected chi connectivity index (χ0v) is 21.1. The Kier molecular flexibility index (Phi) is 7.55. The topological polar surface area (TPSA) is 77.2 Å². The third kappa shape index (κ3) is 5.56. The van der Waals surface area contributed by atoms with Crippen LogP contribution in [-0.2, 0) is 30.8 Å². The number of aromatic nitrogens is 2. The molecule has 0 saturated carbocycles. The van der Waals surface area contributed by atoms with Gasteiger partial charge in [0.2, 0.25) is 5.91 Å². The Hall–Kier alpha value is -3.34. The van der Waals surface area contributed by atoms with Crippen molar-refractivity contribution < 1.29 is 4.79 Å². The van der Waals surface area contributed by atoms with Crippen molar-refractivity contribution in [2.24, 2.45) is 5.92 Å². The number of piperidine rings is 1. The Morgan fingerprint density at radius 3 is 2.75 bits per heavy atom. The van der Waals surface area contributed by atoms with Crippen LogP contribution in [-0.4, -0.2) is 44.9 Å². The van der Waals surface area contributed by atoms with E-state index in [4.69, 9.17) is 16.9 Å². The first-order chi connectivity index (χ1) is 17.6. The van der Waals surface area contributed by atoms with Gasteiger partial charge in [-0.2, -0.15) is 5.26 Å². The van der Waals surface area contributed by atoms with Crippen LogP contribution in [0.4, 0.5) is 0 Å². The van der Waals surface area contributed by atoms with E-state index in [0.29, 0.717) is 30.6 Å². The highest BCUT2D eigenvalue weighted by Gasteiger charge is 2.31. The molecular formula is C28H31ClN6O. The van der Waals surface area contributed by atoms with Gasteiger partial charge < -0.3 is 14.4 Å². The average Bonchev–Trinajstić information content (AvgIpc) is 3.29. The van der Waals surface area contributed by atoms with Crippen LogP contribution in [0.5, 0.6) is 0 Å². The molecule has 3 aromatic rings. The zero-order valence-electron chi connectivity index (χ0n) is 20.3. The van der Waals surface area contributed by atoms with Gasteiger partial charge in [0, 0.05) is 50.5 Å². The number of carbonyl (C=O) groups is 1. The third-order valence-electron chi connectivity index (χ3n) is 7.33.